The van der Waals surface area contributed by atoms with E-state index in [1.165, 1.54) is 12.1 Å². The molecule has 174 valence electrons. The number of ether oxygens (including phenoxy) is 1. The normalized spacial score (nSPS) is 16.8. The summed E-state index contributed by atoms with van der Waals surface area (Å²) in [6.45, 7) is 2.83. The Morgan fingerprint density at radius 3 is 2.81 bits per heavy atom. The van der Waals surface area contributed by atoms with Gasteiger partial charge in [0.15, 0.2) is 6.04 Å². The maximum Gasteiger partial charge on any atom is 0.419 e. The fraction of sp³-hybridized carbons (Fsp3) is 0.500. The van der Waals surface area contributed by atoms with Crippen LogP contribution in [0, 0.1) is 0 Å². The van der Waals surface area contributed by atoms with Crippen molar-refractivity contribution in [2.45, 2.75) is 57.7 Å². The van der Waals surface area contributed by atoms with Gasteiger partial charge in [-0.05, 0) is 43.9 Å². The van der Waals surface area contributed by atoms with E-state index in [-0.39, 0.29) is 41.6 Å². The first-order chi connectivity index (χ1) is 15.3. The van der Waals surface area contributed by atoms with Gasteiger partial charge in [-0.25, -0.2) is 0 Å². The summed E-state index contributed by atoms with van der Waals surface area (Å²) >= 11 is 0. The predicted molar refractivity (Wildman–Crippen MR) is 114 cm³/mol. The highest BCUT2D eigenvalue weighted by Crippen LogP contribution is 2.39. The number of guanidine groups is 1. The molecule has 2 heterocycles. The van der Waals surface area contributed by atoms with Crippen LogP contribution < -0.4 is 16.2 Å². The highest BCUT2D eigenvalue weighted by molar-refractivity contribution is 5.70. The molecule has 0 bridgehead atoms. The number of rotatable bonds is 9. The van der Waals surface area contributed by atoms with E-state index in [1.807, 2.05) is 6.08 Å². The number of allylic oxidation sites excluding steroid dienone is 1. The molecule has 3 rings (SSSR count). The van der Waals surface area contributed by atoms with Gasteiger partial charge in [-0.2, -0.15) is 18.2 Å². The molecule has 32 heavy (non-hydrogen) atoms. The maximum absolute atomic E-state index is 13.7. The number of alkyl halides is 3. The highest BCUT2D eigenvalue weighted by atomic mass is 19.4. The third-order valence-electron chi connectivity index (χ3n) is 5.33. The molecular formula is C22H29F3N5O2+. The number of nitrogens with zero attached hydrogens (tertiary/aromatic N) is 3. The Kier molecular flexibility index (Phi) is 7.76. The lowest BCUT2D eigenvalue weighted by atomic mass is 10.1. The Morgan fingerprint density at radius 1 is 1.28 bits per heavy atom. The number of halogens is 3. The van der Waals surface area contributed by atoms with E-state index in [2.05, 4.69) is 17.1 Å². The largest absolute Gasteiger partial charge is 0.489 e. The first kappa shape index (κ1) is 23.6. The summed E-state index contributed by atoms with van der Waals surface area (Å²) in [5, 5.41) is 3.87. The van der Waals surface area contributed by atoms with Gasteiger partial charge >= 0.3 is 12.1 Å². The van der Waals surface area contributed by atoms with Crippen molar-refractivity contribution in [2.24, 2.45) is 11.5 Å². The van der Waals surface area contributed by atoms with Gasteiger partial charge < -0.3 is 9.26 Å². The average Bonchev–Trinajstić information content (AvgIpc) is 3.42. The van der Waals surface area contributed by atoms with E-state index < -0.39 is 11.7 Å². The van der Waals surface area contributed by atoms with E-state index in [1.54, 1.807) is 10.7 Å². The summed E-state index contributed by atoms with van der Waals surface area (Å²) in [6.07, 6.45) is 4.81. The second-order valence-electron chi connectivity index (χ2n) is 7.72. The van der Waals surface area contributed by atoms with Gasteiger partial charge in [-0.3, -0.25) is 16.0 Å². The third-order valence-corrected chi connectivity index (χ3v) is 5.33. The minimum atomic E-state index is -4.59. The summed E-state index contributed by atoms with van der Waals surface area (Å²) in [5.41, 5.74) is 10.7. The predicted octanol–water partition coefficient (Wildman–Crippen LogP) is 4.39. The van der Waals surface area contributed by atoms with Crippen LogP contribution in [0.25, 0.3) is 11.4 Å². The summed E-state index contributed by atoms with van der Waals surface area (Å²) in [7, 11) is 0. The Bertz CT molecular complexity index is 965. The zero-order valence-corrected chi connectivity index (χ0v) is 18.1. The standard InChI is InChI=1S/C22H28F3N5O2/c1-2-3-4-5-6-7-13-31-18-11-10-15(14-16(18)22(23,24)25)19-28-20(32-29-19)17-9-8-12-30(17)21(26)27/h6-7,10-11,14,17H,2-5,8-9,12-13H2,1H3,(H3,26,27)/p+1/b7-6+/t17-/m0/s1. The molecule has 10 heteroatoms. The van der Waals surface area contributed by atoms with Crippen molar-refractivity contribution in [3.63, 3.8) is 0 Å². The lowest BCUT2D eigenvalue weighted by Crippen LogP contribution is -2.35. The minimum absolute atomic E-state index is 0.0649. The zero-order valence-electron chi connectivity index (χ0n) is 18.1. The fourth-order valence-electron chi connectivity index (χ4n) is 3.67. The van der Waals surface area contributed by atoms with E-state index >= 15 is 0 Å². The van der Waals surface area contributed by atoms with Gasteiger partial charge in [-0.1, -0.05) is 37.1 Å². The quantitative estimate of drug-likeness (QED) is 0.253. The van der Waals surface area contributed by atoms with Crippen LogP contribution in [0.15, 0.2) is 34.9 Å². The fourth-order valence-corrected chi connectivity index (χ4v) is 3.67. The van der Waals surface area contributed by atoms with E-state index in [9.17, 15) is 13.2 Å². The van der Waals surface area contributed by atoms with Crippen molar-refractivity contribution < 1.29 is 27.0 Å². The van der Waals surface area contributed by atoms with Crippen LogP contribution in [0.4, 0.5) is 13.2 Å². The number of nitrogens with two attached hydrogens (primary N) is 2. The first-order valence-electron chi connectivity index (χ1n) is 10.8. The maximum atomic E-state index is 13.7. The molecule has 0 radical (unpaired) electrons. The molecule has 1 aromatic heterocycles. The van der Waals surface area contributed by atoms with Gasteiger partial charge in [0.2, 0.25) is 5.82 Å². The number of hydrogen-bond donors (Lipinski definition) is 2. The minimum Gasteiger partial charge on any atom is -0.489 e. The summed E-state index contributed by atoms with van der Waals surface area (Å²) in [5.74, 6) is 0.242. The van der Waals surface area contributed by atoms with Crippen molar-refractivity contribution in [2.75, 3.05) is 13.2 Å². The summed E-state index contributed by atoms with van der Waals surface area (Å²) < 4.78 is 53.4. The lowest BCUT2D eigenvalue weighted by Gasteiger charge is -2.14. The Labute approximate surface area is 184 Å². The SMILES string of the molecule is CCCCC/C=C/COc1ccc(-c2noc([C@@H]3CCC[N+]3=C(N)N)n2)cc1C(F)(F)F. The van der Waals surface area contributed by atoms with Crippen LogP contribution >= 0.6 is 0 Å². The Morgan fingerprint density at radius 2 is 2.09 bits per heavy atom. The van der Waals surface area contributed by atoms with Crippen molar-refractivity contribution in [3.05, 3.63) is 41.8 Å². The molecule has 0 unspecified atom stereocenters. The number of unbranched alkanes of at least 4 members (excludes halogenated alkanes) is 3. The van der Waals surface area contributed by atoms with Crippen molar-refractivity contribution in [1.82, 2.24) is 10.1 Å². The molecule has 1 aliphatic rings. The van der Waals surface area contributed by atoms with Crippen molar-refractivity contribution in [3.8, 4) is 17.1 Å². The monoisotopic (exact) mass is 452 g/mol. The smallest absolute Gasteiger partial charge is 0.419 e. The second-order valence-corrected chi connectivity index (χ2v) is 7.72. The number of aromatic nitrogens is 2. The Hall–Kier alpha value is -3.04. The topological polar surface area (TPSA) is 103 Å². The molecule has 7 nitrogen and oxygen atoms in total. The van der Waals surface area contributed by atoms with Crippen LogP contribution in [0.2, 0.25) is 0 Å². The molecule has 1 atom stereocenters. The molecule has 0 amide bonds. The van der Waals surface area contributed by atoms with Crippen LogP contribution in [0.1, 0.15) is 62.9 Å². The molecule has 4 N–H and O–H groups in total. The van der Waals surface area contributed by atoms with Gasteiger partial charge in [0.1, 0.15) is 12.4 Å². The Balaban J connectivity index is 1.76. The van der Waals surface area contributed by atoms with E-state index in [0.29, 0.717) is 13.0 Å². The first-order valence-corrected chi connectivity index (χ1v) is 10.8. The van der Waals surface area contributed by atoms with Crippen molar-refractivity contribution >= 4 is 5.96 Å². The molecule has 1 saturated heterocycles. The van der Waals surface area contributed by atoms with Crippen LogP contribution in [0.3, 0.4) is 0 Å². The summed E-state index contributed by atoms with van der Waals surface area (Å²) in [6, 6.07) is 3.47. The van der Waals surface area contributed by atoms with Crippen LogP contribution in [-0.2, 0) is 6.18 Å². The number of hydrogen-bond acceptors (Lipinski definition) is 4. The van der Waals surface area contributed by atoms with Gasteiger partial charge in [0.05, 0.1) is 12.1 Å². The van der Waals surface area contributed by atoms with Crippen molar-refractivity contribution in [1.29, 1.82) is 0 Å². The van der Waals surface area contributed by atoms with Gasteiger partial charge in [0.25, 0.3) is 5.89 Å². The molecule has 0 aliphatic carbocycles. The summed E-state index contributed by atoms with van der Waals surface area (Å²) in [4.78, 5) is 4.30. The highest BCUT2D eigenvalue weighted by Gasteiger charge is 2.36. The van der Waals surface area contributed by atoms with Crippen LogP contribution in [-0.4, -0.2) is 33.8 Å². The molecule has 0 saturated carbocycles. The van der Waals surface area contributed by atoms with Gasteiger partial charge in [0, 0.05) is 5.56 Å². The second kappa shape index (κ2) is 10.5. The third kappa shape index (κ3) is 5.80. The number of benzene rings is 1. The molecule has 1 aromatic carbocycles. The lowest BCUT2D eigenvalue weighted by molar-refractivity contribution is -0.555. The van der Waals surface area contributed by atoms with E-state index in [0.717, 1.165) is 38.2 Å². The average molecular weight is 453 g/mol. The van der Waals surface area contributed by atoms with E-state index in [4.69, 9.17) is 20.7 Å². The molecule has 0 spiro atoms. The zero-order chi connectivity index (χ0) is 23.1. The molecular weight excluding hydrogens is 423 g/mol. The molecule has 1 fully saturated rings. The van der Waals surface area contributed by atoms with Gasteiger partial charge in [-0.15, -0.1) is 0 Å². The molecule has 2 aromatic rings. The molecule has 1 aliphatic heterocycles. The van der Waals surface area contributed by atoms with Crippen LogP contribution in [0.5, 0.6) is 5.75 Å².